The molecule has 0 saturated heterocycles. The van der Waals surface area contributed by atoms with Crippen molar-refractivity contribution in [3.05, 3.63) is 33.8 Å². The Bertz CT molecular complexity index is 345. The molecule has 1 fully saturated rings. The minimum atomic E-state index is -0.0164. The maximum Gasteiger partial charge on any atom is 0.0453 e. The van der Waals surface area contributed by atoms with Gasteiger partial charge in [-0.1, -0.05) is 29.3 Å². The fraction of sp³-hybridized carbons (Fsp3) is 0.455. The molecule has 1 aliphatic rings. The van der Waals surface area contributed by atoms with E-state index in [2.05, 4.69) is 0 Å². The summed E-state index contributed by atoms with van der Waals surface area (Å²) in [7, 11) is 0. The van der Waals surface area contributed by atoms with Crippen molar-refractivity contribution in [2.45, 2.75) is 31.2 Å². The summed E-state index contributed by atoms with van der Waals surface area (Å²) in [4.78, 5) is 0. The molecular formula is C11H13Cl2N. The quantitative estimate of drug-likeness (QED) is 0.827. The van der Waals surface area contributed by atoms with Gasteiger partial charge in [0.25, 0.3) is 0 Å². The van der Waals surface area contributed by atoms with Gasteiger partial charge in [-0.2, -0.15) is 0 Å². The van der Waals surface area contributed by atoms with Gasteiger partial charge in [-0.15, -0.1) is 0 Å². The number of hydrogen-bond donors (Lipinski definition) is 1. The third kappa shape index (κ3) is 2.05. The average molecular weight is 230 g/mol. The van der Waals surface area contributed by atoms with E-state index in [1.165, 1.54) is 6.42 Å². The lowest BCUT2D eigenvalue weighted by atomic mass is 9.74. The van der Waals surface area contributed by atoms with Gasteiger partial charge in [-0.3, -0.25) is 0 Å². The summed E-state index contributed by atoms with van der Waals surface area (Å²) in [5.74, 6) is 0. The molecule has 0 heterocycles. The van der Waals surface area contributed by atoms with Crippen molar-refractivity contribution in [2.75, 3.05) is 0 Å². The van der Waals surface area contributed by atoms with E-state index in [-0.39, 0.29) is 5.54 Å². The molecule has 0 spiro atoms. The highest BCUT2D eigenvalue weighted by Crippen LogP contribution is 2.34. The summed E-state index contributed by atoms with van der Waals surface area (Å²) >= 11 is 11.9. The molecular weight excluding hydrogens is 217 g/mol. The molecule has 1 aromatic carbocycles. The van der Waals surface area contributed by atoms with Crippen LogP contribution < -0.4 is 5.73 Å². The zero-order valence-corrected chi connectivity index (χ0v) is 9.41. The van der Waals surface area contributed by atoms with Gasteiger partial charge in [0.2, 0.25) is 0 Å². The monoisotopic (exact) mass is 229 g/mol. The number of rotatable bonds is 2. The van der Waals surface area contributed by atoms with Gasteiger partial charge in [0, 0.05) is 15.6 Å². The van der Waals surface area contributed by atoms with E-state index in [9.17, 15) is 0 Å². The first-order valence-electron chi connectivity index (χ1n) is 4.82. The van der Waals surface area contributed by atoms with Crippen molar-refractivity contribution in [2.24, 2.45) is 5.73 Å². The molecule has 2 N–H and O–H groups in total. The summed E-state index contributed by atoms with van der Waals surface area (Å²) < 4.78 is 0. The number of halogens is 2. The Balaban J connectivity index is 2.16. The van der Waals surface area contributed by atoms with Crippen LogP contribution in [-0.4, -0.2) is 5.54 Å². The summed E-state index contributed by atoms with van der Waals surface area (Å²) in [5, 5.41) is 1.41. The zero-order valence-electron chi connectivity index (χ0n) is 7.89. The van der Waals surface area contributed by atoms with Crippen LogP contribution >= 0.6 is 23.2 Å². The SMILES string of the molecule is NC1(Cc2ccc(Cl)cc2Cl)CCC1. The largest absolute Gasteiger partial charge is 0.325 e. The van der Waals surface area contributed by atoms with Gasteiger partial charge >= 0.3 is 0 Å². The van der Waals surface area contributed by atoms with Crippen LogP contribution in [0.1, 0.15) is 24.8 Å². The second-order valence-corrected chi connectivity index (χ2v) is 4.97. The molecule has 0 aliphatic heterocycles. The maximum absolute atomic E-state index is 6.15. The van der Waals surface area contributed by atoms with Crippen LogP contribution in [0.15, 0.2) is 18.2 Å². The molecule has 14 heavy (non-hydrogen) atoms. The second kappa shape index (κ2) is 3.73. The van der Waals surface area contributed by atoms with Gasteiger partial charge in [0.1, 0.15) is 0 Å². The molecule has 1 aliphatic carbocycles. The lowest BCUT2D eigenvalue weighted by molar-refractivity contribution is 0.247. The van der Waals surface area contributed by atoms with Crippen molar-refractivity contribution in [3.63, 3.8) is 0 Å². The van der Waals surface area contributed by atoms with Gasteiger partial charge in [-0.25, -0.2) is 0 Å². The maximum atomic E-state index is 6.15. The summed E-state index contributed by atoms with van der Waals surface area (Å²) in [6.45, 7) is 0. The minimum absolute atomic E-state index is 0.0164. The molecule has 0 amide bonds. The van der Waals surface area contributed by atoms with E-state index in [1.54, 1.807) is 6.07 Å². The van der Waals surface area contributed by atoms with Crippen LogP contribution in [-0.2, 0) is 6.42 Å². The smallest absolute Gasteiger partial charge is 0.0453 e. The van der Waals surface area contributed by atoms with Crippen molar-refractivity contribution < 1.29 is 0 Å². The molecule has 0 bridgehead atoms. The first-order valence-corrected chi connectivity index (χ1v) is 5.57. The highest BCUT2D eigenvalue weighted by molar-refractivity contribution is 6.35. The molecule has 0 radical (unpaired) electrons. The lowest BCUT2D eigenvalue weighted by Crippen LogP contribution is -2.48. The number of benzene rings is 1. The van der Waals surface area contributed by atoms with E-state index in [1.807, 2.05) is 12.1 Å². The van der Waals surface area contributed by atoms with Crippen molar-refractivity contribution >= 4 is 23.2 Å². The number of nitrogens with two attached hydrogens (primary N) is 1. The van der Waals surface area contributed by atoms with E-state index >= 15 is 0 Å². The highest BCUT2D eigenvalue weighted by atomic mass is 35.5. The van der Waals surface area contributed by atoms with E-state index in [0.717, 1.165) is 29.8 Å². The Hall–Kier alpha value is -0.240. The molecule has 0 atom stereocenters. The first-order chi connectivity index (χ1) is 6.59. The fourth-order valence-corrected chi connectivity index (χ4v) is 2.33. The standard InChI is InChI=1S/C11H13Cl2N/c12-9-3-2-8(10(13)6-9)7-11(14)4-1-5-11/h2-3,6H,1,4-5,7,14H2. The summed E-state index contributed by atoms with van der Waals surface area (Å²) in [5.41, 5.74) is 7.24. The van der Waals surface area contributed by atoms with Crippen molar-refractivity contribution in [1.29, 1.82) is 0 Å². The molecule has 0 unspecified atom stereocenters. The molecule has 3 heteroatoms. The van der Waals surface area contributed by atoms with E-state index in [0.29, 0.717) is 5.02 Å². The van der Waals surface area contributed by atoms with Gasteiger partial charge in [-0.05, 0) is 43.4 Å². The third-order valence-corrected chi connectivity index (χ3v) is 3.49. The first kappa shape index (κ1) is 10.3. The Morgan fingerprint density at radius 1 is 1.29 bits per heavy atom. The van der Waals surface area contributed by atoms with Crippen LogP contribution in [0.4, 0.5) is 0 Å². The Labute approximate surface area is 94.2 Å². The molecule has 1 nitrogen and oxygen atoms in total. The molecule has 1 aromatic rings. The van der Waals surface area contributed by atoms with Gasteiger partial charge < -0.3 is 5.73 Å². The fourth-order valence-electron chi connectivity index (χ4n) is 1.85. The highest BCUT2D eigenvalue weighted by Gasteiger charge is 2.32. The molecule has 76 valence electrons. The average Bonchev–Trinajstić information content (AvgIpc) is 2.07. The normalized spacial score (nSPS) is 19.1. The van der Waals surface area contributed by atoms with E-state index in [4.69, 9.17) is 28.9 Å². The number of hydrogen-bond acceptors (Lipinski definition) is 1. The summed E-state index contributed by atoms with van der Waals surface area (Å²) in [6, 6.07) is 5.61. The Kier molecular flexibility index (Phi) is 2.74. The third-order valence-electron chi connectivity index (χ3n) is 2.91. The predicted molar refractivity (Wildman–Crippen MR) is 60.9 cm³/mol. The van der Waals surface area contributed by atoms with Crippen LogP contribution in [0.5, 0.6) is 0 Å². The molecule has 0 aromatic heterocycles. The lowest BCUT2D eigenvalue weighted by Gasteiger charge is -2.38. The summed E-state index contributed by atoms with van der Waals surface area (Å²) in [6.07, 6.45) is 4.31. The predicted octanol–water partition coefficient (Wildman–Crippen LogP) is 3.42. The Morgan fingerprint density at radius 3 is 2.50 bits per heavy atom. The second-order valence-electron chi connectivity index (χ2n) is 4.13. The Morgan fingerprint density at radius 2 is 2.00 bits per heavy atom. The zero-order chi connectivity index (χ0) is 10.2. The molecule has 1 saturated carbocycles. The van der Waals surface area contributed by atoms with Crippen LogP contribution in [0.3, 0.4) is 0 Å². The van der Waals surface area contributed by atoms with Crippen molar-refractivity contribution in [3.8, 4) is 0 Å². The molecule has 2 rings (SSSR count). The van der Waals surface area contributed by atoms with E-state index < -0.39 is 0 Å². The van der Waals surface area contributed by atoms with Gasteiger partial charge in [0.15, 0.2) is 0 Å². The topological polar surface area (TPSA) is 26.0 Å². The minimum Gasteiger partial charge on any atom is -0.325 e. The van der Waals surface area contributed by atoms with Crippen LogP contribution in [0.2, 0.25) is 10.0 Å². The van der Waals surface area contributed by atoms with Crippen molar-refractivity contribution in [1.82, 2.24) is 0 Å². The van der Waals surface area contributed by atoms with Crippen LogP contribution in [0.25, 0.3) is 0 Å². The van der Waals surface area contributed by atoms with Gasteiger partial charge in [0.05, 0.1) is 0 Å². The van der Waals surface area contributed by atoms with Crippen LogP contribution in [0, 0.1) is 0 Å².